The Kier molecular flexibility index (Phi) is 3.15. The lowest BCUT2D eigenvalue weighted by Crippen LogP contribution is -2.29. The van der Waals surface area contributed by atoms with Crippen LogP contribution in [0.1, 0.15) is 46.0 Å². The zero-order chi connectivity index (χ0) is 12.6. The molecule has 0 N–H and O–H groups in total. The van der Waals surface area contributed by atoms with Gasteiger partial charge in [0.15, 0.2) is 0 Å². The summed E-state index contributed by atoms with van der Waals surface area (Å²) in [5, 5.41) is 0. The Balaban J connectivity index is 2.43. The van der Waals surface area contributed by atoms with Crippen molar-refractivity contribution in [3.63, 3.8) is 0 Å². The first-order chi connectivity index (χ1) is 8.00. The van der Waals surface area contributed by atoms with E-state index in [1.807, 2.05) is 0 Å². The summed E-state index contributed by atoms with van der Waals surface area (Å²) in [5.41, 5.74) is 3.72. The fraction of sp³-hybridized carbons (Fsp3) is 0.667. The quantitative estimate of drug-likeness (QED) is 0.538. The normalized spacial score (nSPS) is 32.3. The van der Waals surface area contributed by atoms with E-state index in [1.165, 1.54) is 24.7 Å². The topological polar surface area (TPSA) is 26.3 Å². The monoisotopic (exact) mass is 234 g/mol. The van der Waals surface area contributed by atoms with Gasteiger partial charge in [0.05, 0.1) is 7.11 Å². The third kappa shape index (κ3) is 1.84. The summed E-state index contributed by atoms with van der Waals surface area (Å²) in [6.45, 7) is 8.54. The fourth-order valence-electron chi connectivity index (χ4n) is 3.85. The number of carbonyl (C=O) groups excluding carboxylic acids is 1. The summed E-state index contributed by atoms with van der Waals surface area (Å²) in [6, 6.07) is 0. The van der Waals surface area contributed by atoms with Gasteiger partial charge in [0.25, 0.3) is 0 Å². The second kappa shape index (κ2) is 4.32. The number of fused-ring (bicyclic) bond motifs is 1. The smallest absolute Gasteiger partial charge is 0.333 e. The first-order valence-corrected chi connectivity index (χ1v) is 6.47. The van der Waals surface area contributed by atoms with Gasteiger partial charge in [0.2, 0.25) is 0 Å². The van der Waals surface area contributed by atoms with Crippen LogP contribution in [0.5, 0.6) is 0 Å². The highest BCUT2D eigenvalue weighted by Crippen LogP contribution is 2.56. The predicted molar refractivity (Wildman–Crippen MR) is 68.5 cm³/mol. The maximum Gasteiger partial charge on any atom is 0.333 e. The second-order valence-corrected chi connectivity index (χ2v) is 5.66. The summed E-state index contributed by atoms with van der Waals surface area (Å²) in [5.74, 6) is 0.422. The number of esters is 1. The lowest BCUT2D eigenvalue weighted by Gasteiger charge is -2.38. The summed E-state index contributed by atoms with van der Waals surface area (Å²) in [4.78, 5) is 11.8. The highest BCUT2D eigenvalue weighted by molar-refractivity contribution is 5.90. The lowest BCUT2D eigenvalue weighted by molar-refractivity contribution is -0.136. The molecule has 0 aromatic rings. The van der Waals surface area contributed by atoms with Gasteiger partial charge in [0.1, 0.15) is 0 Å². The lowest BCUT2D eigenvalue weighted by atomic mass is 9.67. The van der Waals surface area contributed by atoms with Crippen LogP contribution in [-0.2, 0) is 9.53 Å². The zero-order valence-corrected chi connectivity index (χ0v) is 11.1. The summed E-state index contributed by atoms with van der Waals surface area (Å²) >= 11 is 0. The third-order valence-electron chi connectivity index (χ3n) is 4.66. The van der Waals surface area contributed by atoms with Crippen molar-refractivity contribution in [1.82, 2.24) is 0 Å². The van der Waals surface area contributed by atoms with E-state index in [4.69, 9.17) is 4.74 Å². The van der Waals surface area contributed by atoms with Gasteiger partial charge in [-0.2, -0.15) is 0 Å². The molecule has 1 saturated carbocycles. The van der Waals surface area contributed by atoms with Crippen LogP contribution in [0.15, 0.2) is 23.3 Å². The van der Waals surface area contributed by atoms with Crippen molar-refractivity contribution in [2.45, 2.75) is 46.0 Å². The molecule has 94 valence electrons. The number of carbonyl (C=O) groups is 1. The minimum atomic E-state index is -0.117. The second-order valence-electron chi connectivity index (χ2n) is 5.66. The van der Waals surface area contributed by atoms with Crippen LogP contribution in [0, 0.1) is 11.3 Å². The van der Waals surface area contributed by atoms with E-state index >= 15 is 0 Å². The molecular weight excluding hydrogens is 212 g/mol. The van der Waals surface area contributed by atoms with Crippen molar-refractivity contribution in [3.05, 3.63) is 23.3 Å². The number of hydrogen-bond donors (Lipinski definition) is 0. The Labute approximate surface area is 104 Å². The molecule has 2 atom stereocenters. The first-order valence-electron chi connectivity index (χ1n) is 6.47. The maximum absolute atomic E-state index is 11.8. The van der Waals surface area contributed by atoms with Crippen molar-refractivity contribution < 1.29 is 9.53 Å². The van der Waals surface area contributed by atoms with Gasteiger partial charge in [-0.25, -0.2) is 4.79 Å². The number of rotatable bonds is 2. The minimum Gasteiger partial charge on any atom is -0.466 e. The van der Waals surface area contributed by atoms with Crippen molar-refractivity contribution in [3.8, 4) is 0 Å². The van der Waals surface area contributed by atoms with Crippen LogP contribution in [0.2, 0.25) is 0 Å². The summed E-state index contributed by atoms with van der Waals surface area (Å²) in [7, 11) is 1.48. The molecule has 0 aromatic carbocycles. The zero-order valence-electron chi connectivity index (χ0n) is 11.1. The minimum absolute atomic E-state index is 0.117. The van der Waals surface area contributed by atoms with E-state index in [-0.39, 0.29) is 11.4 Å². The van der Waals surface area contributed by atoms with Crippen molar-refractivity contribution in [1.29, 1.82) is 0 Å². The number of methoxy groups -OCH3 is 1. The van der Waals surface area contributed by atoms with Crippen LogP contribution >= 0.6 is 0 Å². The van der Waals surface area contributed by atoms with Crippen LogP contribution in [0.4, 0.5) is 0 Å². The molecule has 0 aliphatic heterocycles. The van der Waals surface area contributed by atoms with Crippen molar-refractivity contribution >= 4 is 5.97 Å². The molecule has 2 nitrogen and oxygen atoms in total. The van der Waals surface area contributed by atoms with Crippen molar-refractivity contribution in [2.75, 3.05) is 7.11 Å². The van der Waals surface area contributed by atoms with Gasteiger partial charge in [-0.15, -0.1) is 0 Å². The average molecular weight is 234 g/mol. The SMILES string of the molecule is C=C(C)[C@H]1CCC2=C(C(=O)OC)CCC[C@@]21C. The van der Waals surface area contributed by atoms with E-state index in [0.29, 0.717) is 5.92 Å². The molecule has 0 saturated heterocycles. The molecule has 0 heterocycles. The Bertz CT molecular complexity index is 392. The number of hydrogen-bond acceptors (Lipinski definition) is 2. The predicted octanol–water partition coefficient (Wildman–Crippen LogP) is 3.63. The third-order valence-corrected chi connectivity index (χ3v) is 4.66. The molecule has 2 aliphatic rings. The molecule has 0 spiro atoms. The molecule has 17 heavy (non-hydrogen) atoms. The molecule has 1 fully saturated rings. The van der Waals surface area contributed by atoms with Gasteiger partial charge in [-0.1, -0.05) is 24.6 Å². The molecule has 2 rings (SSSR count). The van der Waals surface area contributed by atoms with Crippen LogP contribution in [0.25, 0.3) is 0 Å². The molecule has 0 radical (unpaired) electrons. The van der Waals surface area contributed by atoms with Crippen molar-refractivity contribution in [2.24, 2.45) is 11.3 Å². The summed E-state index contributed by atoms with van der Waals surface area (Å²) < 4.78 is 4.92. The molecule has 0 unspecified atom stereocenters. The largest absolute Gasteiger partial charge is 0.466 e. The first kappa shape index (κ1) is 12.4. The van der Waals surface area contributed by atoms with Crippen LogP contribution < -0.4 is 0 Å². The Morgan fingerprint density at radius 2 is 2.18 bits per heavy atom. The molecule has 0 amide bonds. The molecule has 2 heteroatoms. The van der Waals surface area contributed by atoms with Gasteiger partial charge < -0.3 is 4.74 Å². The highest BCUT2D eigenvalue weighted by Gasteiger charge is 2.46. The van der Waals surface area contributed by atoms with Gasteiger partial charge in [-0.05, 0) is 50.4 Å². The molecular formula is C15H22O2. The summed E-state index contributed by atoms with van der Waals surface area (Å²) in [6.07, 6.45) is 5.34. The molecule has 0 aromatic heterocycles. The van der Waals surface area contributed by atoms with E-state index in [1.54, 1.807) is 0 Å². The van der Waals surface area contributed by atoms with E-state index in [2.05, 4.69) is 20.4 Å². The Morgan fingerprint density at radius 1 is 1.47 bits per heavy atom. The fourth-order valence-corrected chi connectivity index (χ4v) is 3.85. The van der Waals surface area contributed by atoms with Crippen LogP contribution in [-0.4, -0.2) is 13.1 Å². The van der Waals surface area contributed by atoms with Gasteiger partial charge in [-0.3, -0.25) is 0 Å². The van der Waals surface area contributed by atoms with Gasteiger partial charge >= 0.3 is 5.97 Å². The molecule has 2 aliphatic carbocycles. The maximum atomic E-state index is 11.8. The Morgan fingerprint density at radius 3 is 2.76 bits per heavy atom. The van der Waals surface area contributed by atoms with E-state index in [9.17, 15) is 4.79 Å². The van der Waals surface area contributed by atoms with Gasteiger partial charge in [0, 0.05) is 5.57 Å². The number of allylic oxidation sites excluding steroid dienone is 2. The standard InChI is InChI=1S/C15H22O2/c1-10(2)12-7-8-13-11(14(16)17-4)6-5-9-15(12,13)3/h12H,1,5-9H2,2-4H3/t12-,15-/m1/s1. The molecule has 0 bridgehead atoms. The average Bonchev–Trinajstić information content (AvgIpc) is 2.64. The van der Waals surface area contributed by atoms with Crippen LogP contribution in [0.3, 0.4) is 0 Å². The van der Waals surface area contributed by atoms with E-state index in [0.717, 1.165) is 31.3 Å². The van der Waals surface area contributed by atoms with E-state index < -0.39 is 0 Å². The highest BCUT2D eigenvalue weighted by atomic mass is 16.5. The number of ether oxygens (including phenoxy) is 1. The Hall–Kier alpha value is -1.05.